The van der Waals surface area contributed by atoms with Crippen LogP contribution in [-0.4, -0.2) is 48.5 Å². The van der Waals surface area contributed by atoms with Gasteiger partial charge in [0.15, 0.2) is 0 Å². The molecule has 7 nitrogen and oxygen atoms in total. The first-order chi connectivity index (χ1) is 12.9. The number of nitrogens with one attached hydrogen (secondary N) is 1. The summed E-state index contributed by atoms with van der Waals surface area (Å²) in [4.78, 5) is 26.8. The van der Waals surface area contributed by atoms with Crippen molar-refractivity contribution in [2.75, 3.05) is 42.9 Å². The predicted octanol–water partition coefficient (Wildman–Crippen LogP) is 3.66. The van der Waals surface area contributed by atoms with Crippen LogP contribution in [0.25, 0.3) is 0 Å². The molecule has 0 aliphatic carbocycles. The first-order valence-corrected chi connectivity index (χ1v) is 9.14. The van der Waals surface area contributed by atoms with Crippen LogP contribution in [0.1, 0.15) is 0 Å². The Morgan fingerprint density at radius 2 is 1.74 bits per heavy atom. The van der Waals surface area contributed by atoms with E-state index < -0.39 is 4.92 Å². The van der Waals surface area contributed by atoms with E-state index in [1.54, 1.807) is 30.3 Å². The van der Waals surface area contributed by atoms with Crippen molar-refractivity contribution < 1.29 is 9.72 Å². The van der Waals surface area contributed by atoms with Crippen molar-refractivity contribution in [3.63, 3.8) is 0 Å². The van der Waals surface area contributed by atoms with E-state index >= 15 is 0 Å². The second kappa shape index (κ2) is 8.56. The van der Waals surface area contributed by atoms with Gasteiger partial charge in [0.05, 0.1) is 22.2 Å². The SMILES string of the molecule is O=C(CN1CCN(c2ccc([N+](=O)[O-])cc2)CC1)Nc1ccc(Cl)cc1Cl. The molecule has 1 aliphatic heterocycles. The molecular formula is C18H18Cl2N4O3. The number of rotatable bonds is 5. The molecule has 0 unspecified atom stereocenters. The lowest BCUT2D eigenvalue weighted by Gasteiger charge is -2.35. The van der Waals surface area contributed by atoms with E-state index in [-0.39, 0.29) is 18.1 Å². The third kappa shape index (κ3) is 5.09. The topological polar surface area (TPSA) is 78.7 Å². The Morgan fingerprint density at radius 3 is 2.33 bits per heavy atom. The first kappa shape index (κ1) is 19.4. The zero-order chi connectivity index (χ0) is 19.4. The molecule has 1 amide bonds. The van der Waals surface area contributed by atoms with E-state index in [4.69, 9.17) is 23.2 Å². The van der Waals surface area contributed by atoms with Crippen molar-refractivity contribution in [1.29, 1.82) is 0 Å². The number of amides is 1. The number of carbonyl (C=O) groups excluding carboxylic acids is 1. The summed E-state index contributed by atoms with van der Waals surface area (Å²) >= 11 is 11.9. The van der Waals surface area contributed by atoms with Crippen molar-refractivity contribution in [2.45, 2.75) is 0 Å². The fraction of sp³-hybridized carbons (Fsp3) is 0.278. The monoisotopic (exact) mass is 408 g/mol. The summed E-state index contributed by atoms with van der Waals surface area (Å²) in [7, 11) is 0. The van der Waals surface area contributed by atoms with Crippen LogP contribution in [0, 0.1) is 10.1 Å². The van der Waals surface area contributed by atoms with Gasteiger partial charge in [-0.1, -0.05) is 23.2 Å². The van der Waals surface area contributed by atoms with Gasteiger partial charge >= 0.3 is 0 Å². The quantitative estimate of drug-likeness (QED) is 0.602. The average Bonchev–Trinajstić information content (AvgIpc) is 2.65. The molecule has 0 aromatic heterocycles. The van der Waals surface area contributed by atoms with Crippen LogP contribution in [0.2, 0.25) is 10.0 Å². The van der Waals surface area contributed by atoms with Gasteiger partial charge in [0.2, 0.25) is 5.91 Å². The molecule has 0 bridgehead atoms. The predicted molar refractivity (Wildman–Crippen MR) is 107 cm³/mol. The molecule has 1 fully saturated rings. The van der Waals surface area contributed by atoms with Crippen LogP contribution in [0.3, 0.4) is 0 Å². The number of non-ortho nitro benzene ring substituents is 1. The van der Waals surface area contributed by atoms with Crippen LogP contribution in [0.15, 0.2) is 42.5 Å². The zero-order valence-electron chi connectivity index (χ0n) is 14.4. The summed E-state index contributed by atoms with van der Waals surface area (Å²) in [5, 5.41) is 14.4. The number of hydrogen-bond acceptors (Lipinski definition) is 5. The number of hydrogen-bond donors (Lipinski definition) is 1. The van der Waals surface area contributed by atoms with Crippen molar-refractivity contribution in [3.05, 3.63) is 62.6 Å². The maximum absolute atomic E-state index is 12.2. The number of halogens is 2. The number of piperazine rings is 1. The third-order valence-electron chi connectivity index (χ3n) is 4.37. The highest BCUT2D eigenvalue weighted by Gasteiger charge is 2.20. The third-order valence-corrected chi connectivity index (χ3v) is 4.92. The number of nitro groups is 1. The number of anilines is 2. The minimum Gasteiger partial charge on any atom is -0.369 e. The van der Waals surface area contributed by atoms with Gasteiger partial charge in [-0.3, -0.25) is 19.8 Å². The van der Waals surface area contributed by atoms with Gasteiger partial charge in [-0.15, -0.1) is 0 Å². The van der Waals surface area contributed by atoms with Crippen LogP contribution < -0.4 is 10.2 Å². The van der Waals surface area contributed by atoms with Gasteiger partial charge in [-0.05, 0) is 30.3 Å². The summed E-state index contributed by atoms with van der Waals surface area (Å²) < 4.78 is 0. The lowest BCUT2D eigenvalue weighted by Crippen LogP contribution is -2.48. The summed E-state index contributed by atoms with van der Waals surface area (Å²) in [6.07, 6.45) is 0. The Morgan fingerprint density at radius 1 is 1.07 bits per heavy atom. The molecular weight excluding hydrogens is 391 g/mol. The summed E-state index contributed by atoms with van der Waals surface area (Å²) in [6.45, 7) is 3.20. The smallest absolute Gasteiger partial charge is 0.269 e. The molecule has 27 heavy (non-hydrogen) atoms. The van der Waals surface area contributed by atoms with Gasteiger partial charge in [-0.2, -0.15) is 0 Å². The van der Waals surface area contributed by atoms with Crippen molar-refractivity contribution in [3.8, 4) is 0 Å². The lowest BCUT2D eigenvalue weighted by molar-refractivity contribution is -0.384. The van der Waals surface area contributed by atoms with E-state index in [1.165, 1.54) is 12.1 Å². The summed E-state index contributed by atoms with van der Waals surface area (Å²) in [6, 6.07) is 11.4. The Kier molecular flexibility index (Phi) is 6.15. The number of carbonyl (C=O) groups is 1. The van der Waals surface area contributed by atoms with Crippen LogP contribution in [0.4, 0.5) is 17.1 Å². The minimum absolute atomic E-state index is 0.0786. The molecule has 0 spiro atoms. The zero-order valence-corrected chi connectivity index (χ0v) is 15.9. The number of nitrogens with zero attached hydrogens (tertiary/aromatic N) is 3. The molecule has 1 aliphatic rings. The normalized spacial score (nSPS) is 14.8. The van der Waals surface area contributed by atoms with Crippen molar-refractivity contribution >= 4 is 46.2 Å². The maximum Gasteiger partial charge on any atom is 0.269 e. The molecule has 0 atom stereocenters. The van der Waals surface area contributed by atoms with E-state index in [1.807, 2.05) is 0 Å². The van der Waals surface area contributed by atoms with E-state index in [0.29, 0.717) is 15.7 Å². The van der Waals surface area contributed by atoms with E-state index in [2.05, 4.69) is 15.1 Å². The highest BCUT2D eigenvalue weighted by atomic mass is 35.5. The van der Waals surface area contributed by atoms with Crippen LogP contribution >= 0.6 is 23.2 Å². The molecule has 2 aromatic carbocycles. The van der Waals surface area contributed by atoms with E-state index in [9.17, 15) is 14.9 Å². The summed E-state index contributed by atoms with van der Waals surface area (Å²) in [5.41, 5.74) is 1.56. The average molecular weight is 409 g/mol. The summed E-state index contributed by atoms with van der Waals surface area (Å²) in [5.74, 6) is -0.136. The molecule has 1 N–H and O–H groups in total. The second-order valence-electron chi connectivity index (χ2n) is 6.21. The van der Waals surface area contributed by atoms with Crippen LogP contribution in [0.5, 0.6) is 0 Å². The van der Waals surface area contributed by atoms with Crippen molar-refractivity contribution in [2.24, 2.45) is 0 Å². The fourth-order valence-electron chi connectivity index (χ4n) is 2.93. The van der Waals surface area contributed by atoms with Gasteiger partial charge in [-0.25, -0.2) is 0 Å². The first-order valence-electron chi connectivity index (χ1n) is 8.39. The standard InChI is InChI=1S/C18H18Cl2N4O3/c19-13-1-6-17(16(20)11-13)21-18(25)12-22-7-9-23(10-8-22)14-2-4-15(5-3-14)24(26)27/h1-6,11H,7-10,12H2,(H,21,25). The molecule has 2 aromatic rings. The van der Waals surface area contributed by atoms with Gasteiger partial charge in [0.25, 0.3) is 5.69 Å². The van der Waals surface area contributed by atoms with E-state index in [0.717, 1.165) is 31.9 Å². The van der Waals surface area contributed by atoms with Crippen molar-refractivity contribution in [1.82, 2.24) is 4.90 Å². The molecule has 0 radical (unpaired) electrons. The Bertz CT molecular complexity index is 837. The number of benzene rings is 2. The lowest BCUT2D eigenvalue weighted by atomic mass is 10.2. The molecule has 9 heteroatoms. The van der Waals surface area contributed by atoms with Gasteiger partial charge in [0.1, 0.15) is 0 Å². The van der Waals surface area contributed by atoms with Crippen LogP contribution in [-0.2, 0) is 4.79 Å². The molecule has 1 heterocycles. The molecule has 3 rings (SSSR count). The maximum atomic E-state index is 12.2. The Hall–Kier alpha value is -2.35. The minimum atomic E-state index is -0.409. The molecule has 142 valence electrons. The highest BCUT2D eigenvalue weighted by Crippen LogP contribution is 2.25. The Labute approximate surface area is 166 Å². The molecule has 1 saturated heterocycles. The molecule has 0 saturated carbocycles. The second-order valence-corrected chi connectivity index (χ2v) is 7.05. The largest absolute Gasteiger partial charge is 0.369 e. The van der Waals surface area contributed by atoms with Gasteiger partial charge in [0, 0.05) is 49.0 Å². The Balaban J connectivity index is 1.50. The fourth-order valence-corrected chi connectivity index (χ4v) is 3.39. The van der Waals surface area contributed by atoms with Gasteiger partial charge < -0.3 is 10.2 Å². The highest BCUT2D eigenvalue weighted by molar-refractivity contribution is 6.36. The number of nitro benzene ring substituents is 1.